The quantitative estimate of drug-likeness (QED) is 0.879. The van der Waals surface area contributed by atoms with E-state index in [9.17, 15) is 14.7 Å². The minimum atomic E-state index is -0.796. The molecule has 0 bridgehead atoms. The number of hydrogen-bond acceptors (Lipinski definition) is 3. The van der Waals surface area contributed by atoms with Crippen LogP contribution in [0.15, 0.2) is 18.5 Å². The van der Waals surface area contributed by atoms with Crippen LogP contribution in [0.5, 0.6) is 0 Å². The van der Waals surface area contributed by atoms with Gasteiger partial charge in [0.25, 0.3) is 0 Å². The second kappa shape index (κ2) is 5.64. The number of carboxylic acid groups (broad SMARTS) is 1. The lowest BCUT2D eigenvalue weighted by Gasteiger charge is -2.28. The highest BCUT2D eigenvalue weighted by Crippen LogP contribution is 2.38. The summed E-state index contributed by atoms with van der Waals surface area (Å²) >= 11 is 0. The number of rotatable bonds is 5. The molecule has 20 heavy (non-hydrogen) atoms. The SMILES string of the molecule is CC(C)C1(C(=O)O)CCN(C(=O)CCn2cccn2)C1. The van der Waals surface area contributed by atoms with Crippen LogP contribution in [0.3, 0.4) is 0 Å². The minimum absolute atomic E-state index is 0.00396. The molecule has 0 radical (unpaired) electrons. The Morgan fingerprint density at radius 2 is 2.20 bits per heavy atom. The summed E-state index contributed by atoms with van der Waals surface area (Å²) in [5, 5.41) is 13.5. The largest absolute Gasteiger partial charge is 0.481 e. The number of aromatic nitrogens is 2. The number of hydrogen-bond donors (Lipinski definition) is 1. The van der Waals surface area contributed by atoms with Crippen molar-refractivity contribution in [1.82, 2.24) is 14.7 Å². The first-order valence-corrected chi connectivity index (χ1v) is 6.94. The molecule has 1 atom stereocenters. The third kappa shape index (κ3) is 2.69. The molecule has 0 spiro atoms. The normalized spacial score (nSPS) is 22.4. The Morgan fingerprint density at radius 3 is 2.70 bits per heavy atom. The average molecular weight is 279 g/mol. The highest BCUT2D eigenvalue weighted by atomic mass is 16.4. The van der Waals surface area contributed by atoms with Gasteiger partial charge in [0.2, 0.25) is 5.91 Å². The molecule has 2 heterocycles. The summed E-state index contributed by atoms with van der Waals surface area (Å²) in [6.07, 6.45) is 4.38. The van der Waals surface area contributed by atoms with Gasteiger partial charge in [0.05, 0.1) is 5.41 Å². The van der Waals surface area contributed by atoms with E-state index in [0.29, 0.717) is 32.5 Å². The summed E-state index contributed by atoms with van der Waals surface area (Å²) in [7, 11) is 0. The molecule has 1 saturated heterocycles. The summed E-state index contributed by atoms with van der Waals surface area (Å²) in [5.74, 6) is -0.775. The van der Waals surface area contributed by atoms with Gasteiger partial charge in [0.15, 0.2) is 0 Å². The van der Waals surface area contributed by atoms with Gasteiger partial charge < -0.3 is 10.0 Å². The first-order valence-electron chi connectivity index (χ1n) is 6.94. The third-order valence-corrected chi connectivity index (χ3v) is 4.30. The molecule has 6 nitrogen and oxygen atoms in total. The van der Waals surface area contributed by atoms with Gasteiger partial charge in [-0.1, -0.05) is 13.8 Å². The zero-order valence-electron chi connectivity index (χ0n) is 12.0. The third-order valence-electron chi connectivity index (χ3n) is 4.30. The highest BCUT2D eigenvalue weighted by molar-refractivity contribution is 5.80. The molecule has 1 amide bonds. The van der Waals surface area contributed by atoms with E-state index >= 15 is 0 Å². The van der Waals surface area contributed by atoms with Crippen LogP contribution in [0.1, 0.15) is 26.7 Å². The number of likely N-dealkylation sites (tertiary alicyclic amines) is 1. The lowest BCUT2D eigenvalue weighted by molar-refractivity contribution is -0.151. The summed E-state index contributed by atoms with van der Waals surface area (Å²) in [6.45, 7) is 5.20. The minimum Gasteiger partial charge on any atom is -0.481 e. The van der Waals surface area contributed by atoms with E-state index in [2.05, 4.69) is 5.10 Å². The maximum absolute atomic E-state index is 12.2. The molecule has 1 unspecified atom stereocenters. The fraction of sp³-hybridized carbons (Fsp3) is 0.643. The maximum Gasteiger partial charge on any atom is 0.311 e. The topological polar surface area (TPSA) is 75.4 Å². The predicted octanol–water partition coefficient (Wildman–Crippen LogP) is 1.23. The van der Waals surface area contributed by atoms with Gasteiger partial charge >= 0.3 is 5.97 Å². The van der Waals surface area contributed by atoms with Crippen molar-refractivity contribution >= 4 is 11.9 Å². The van der Waals surface area contributed by atoms with Crippen molar-refractivity contribution in [3.05, 3.63) is 18.5 Å². The van der Waals surface area contributed by atoms with E-state index in [1.54, 1.807) is 15.8 Å². The second-order valence-electron chi connectivity index (χ2n) is 5.70. The van der Waals surface area contributed by atoms with Crippen molar-refractivity contribution in [3.8, 4) is 0 Å². The molecule has 6 heteroatoms. The van der Waals surface area contributed by atoms with Crippen LogP contribution < -0.4 is 0 Å². The van der Waals surface area contributed by atoms with Crippen molar-refractivity contribution in [2.45, 2.75) is 33.2 Å². The van der Waals surface area contributed by atoms with Crippen molar-refractivity contribution in [3.63, 3.8) is 0 Å². The van der Waals surface area contributed by atoms with Gasteiger partial charge in [-0.15, -0.1) is 0 Å². The van der Waals surface area contributed by atoms with E-state index < -0.39 is 11.4 Å². The molecule has 110 valence electrons. The predicted molar refractivity (Wildman–Crippen MR) is 72.9 cm³/mol. The molecule has 1 fully saturated rings. The molecular formula is C14H21N3O3. The Morgan fingerprint density at radius 1 is 1.45 bits per heavy atom. The van der Waals surface area contributed by atoms with Crippen LogP contribution in [0.4, 0.5) is 0 Å². The zero-order valence-corrected chi connectivity index (χ0v) is 12.0. The fourth-order valence-electron chi connectivity index (χ4n) is 2.74. The van der Waals surface area contributed by atoms with E-state index in [1.165, 1.54) is 0 Å². The first kappa shape index (κ1) is 14.6. The maximum atomic E-state index is 12.2. The summed E-state index contributed by atoms with van der Waals surface area (Å²) in [6, 6.07) is 1.81. The Hall–Kier alpha value is -1.85. The molecule has 1 N–H and O–H groups in total. The standard InChI is InChI=1S/C14H21N3O3/c1-11(2)14(13(19)20)5-9-16(10-14)12(18)4-8-17-7-3-6-15-17/h3,6-7,11H,4-5,8-10H2,1-2H3,(H,19,20). The molecule has 1 aromatic heterocycles. The number of carbonyl (C=O) groups excluding carboxylic acids is 1. The Labute approximate surface area is 118 Å². The van der Waals surface area contributed by atoms with E-state index in [0.717, 1.165) is 0 Å². The van der Waals surface area contributed by atoms with Gasteiger partial charge in [-0.25, -0.2) is 0 Å². The smallest absolute Gasteiger partial charge is 0.311 e. The number of nitrogens with zero attached hydrogens (tertiary/aromatic N) is 3. The van der Waals surface area contributed by atoms with Crippen molar-refractivity contribution in [2.75, 3.05) is 13.1 Å². The number of carboxylic acids is 1. The molecule has 1 aromatic rings. The van der Waals surface area contributed by atoms with Crippen molar-refractivity contribution < 1.29 is 14.7 Å². The van der Waals surface area contributed by atoms with Gasteiger partial charge in [0.1, 0.15) is 0 Å². The number of carbonyl (C=O) groups is 2. The number of aliphatic carboxylic acids is 1. The highest BCUT2D eigenvalue weighted by Gasteiger charge is 2.48. The molecule has 1 aliphatic rings. The van der Waals surface area contributed by atoms with Crippen molar-refractivity contribution in [2.24, 2.45) is 11.3 Å². The van der Waals surface area contributed by atoms with Crippen LogP contribution >= 0.6 is 0 Å². The Kier molecular flexibility index (Phi) is 4.11. The zero-order chi connectivity index (χ0) is 14.8. The first-order chi connectivity index (χ1) is 9.45. The monoisotopic (exact) mass is 279 g/mol. The lowest BCUT2D eigenvalue weighted by Crippen LogP contribution is -2.40. The van der Waals surface area contributed by atoms with Gasteiger partial charge in [-0.2, -0.15) is 5.10 Å². The molecule has 0 aromatic carbocycles. The van der Waals surface area contributed by atoms with Gasteiger partial charge in [-0.3, -0.25) is 14.3 Å². The molecular weight excluding hydrogens is 258 g/mol. The fourth-order valence-corrected chi connectivity index (χ4v) is 2.74. The van der Waals surface area contributed by atoms with Crippen LogP contribution in [-0.4, -0.2) is 44.8 Å². The number of amides is 1. The molecule has 2 rings (SSSR count). The average Bonchev–Trinajstić information content (AvgIpc) is 3.05. The van der Waals surface area contributed by atoms with E-state index in [4.69, 9.17) is 0 Å². The Bertz CT molecular complexity index is 484. The van der Waals surface area contributed by atoms with Gasteiger partial charge in [0, 0.05) is 38.4 Å². The van der Waals surface area contributed by atoms with Crippen LogP contribution in [-0.2, 0) is 16.1 Å². The summed E-state index contributed by atoms with van der Waals surface area (Å²) < 4.78 is 1.71. The molecule has 0 saturated carbocycles. The Balaban J connectivity index is 1.94. The van der Waals surface area contributed by atoms with Crippen LogP contribution in [0, 0.1) is 11.3 Å². The van der Waals surface area contributed by atoms with E-state index in [-0.39, 0.29) is 11.8 Å². The molecule has 0 aliphatic carbocycles. The summed E-state index contributed by atoms with van der Waals surface area (Å²) in [4.78, 5) is 25.4. The van der Waals surface area contributed by atoms with Crippen molar-refractivity contribution in [1.29, 1.82) is 0 Å². The lowest BCUT2D eigenvalue weighted by atomic mass is 9.76. The number of aryl methyl sites for hydroxylation is 1. The van der Waals surface area contributed by atoms with Crippen LogP contribution in [0.25, 0.3) is 0 Å². The second-order valence-corrected chi connectivity index (χ2v) is 5.70. The van der Waals surface area contributed by atoms with E-state index in [1.807, 2.05) is 26.1 Å². The summed E-state index contributed by atoms with van der Waals surface area (Å²) in [5.41, 5.74) is -0.790. The van der Waals surface area contributed by atoms with Gasteiger partial charge in [-0.05, 0) is 18.4 Å². The van der Waals surface area contributed by atoms with Crippen LogP contribution in [0.2, 0.25) is 0 Å². The molecule has 1 aliphatic heterocycles.